The minimum atomic E-state index is -5.06. The van der Waals surface area contributed by atoms with Gasteiger partial charge in [-0.3, -0.25) is 4.79 Å². The first kappa shape index (κ1) is 23.5. The molecule has 34 heavy (non-hydrogen) atoms. The third kappa shape index (κ3) is 4.30. The molecule has 0 spiro atoms. The maximum atomic E-state index is 14.7. The number of benzene rings is 2. The predicted molar refractivity (Wildman–Crippen MR) is 106 cm³/mol. The molecule has 0 radical (unpaired) electrons. The van der Waals surface area contributed by atoms with E-state index in [2.05, 4.69) is 4.98 Å². The molecule has 0 aliphatic heterocycles. The van der Waals surface area contributed by atoms with Gasteiger partial charge in [-0.1, -0.05) is 23.7 Å². The van der Waals surface area contributed by atoms with Crippen molar-refractivity contribution in [3.05, 3.63) is 91.2 Å². The zero-order chi connectivity index (χ0) is 25.0. The number of halogens is 8. The number of imidazole rings is 1. The number of fused-ring (bicyclic) bond motifs is 1. The molecule has 0 bridgehead atoms. The molecule has 14 heteroatoms. The molecule has 4 rings (SSSR count). The van der Waals surface area contributed by atoms with Crippen molar-refractivity contribution in [2.45, 2.75) is 18.9 Å². The van der Waals surface area contributed by atoms with Gasteiger partial charge in [-0.15, -0.1) is 0 Å². The molecule has 2 heterocycles. The van der Waals surface area contributed by atoms with E-state index in [1.54, 1.807) is 0 Å². The van der Waals surface area contributed by atoms with Crippen LogP contribution < -0.4 is 11.2 Å². The van der Waals surface area contributed by atoms with Gasteiger partial charge in [0.25, 0.3) is 5.56 Å². The molecule has 6 nitrogen and oxygen atoms in total. The van der Waals surface area contributed by atoms with Crippen molar-refractivity contribution in [2.75, 3.05) is 0 Å². The van der Waals surface area contributed by atoms with Crippen LogP contribution in [-0.4, -0.2) is 19.1 Å². The second kappa shape index (κ2) is 8.01. The van der Waals surface area contributed by atoms with Crippen LogP contribution in [0, 0.1) is 5.82 Å². The van der Waals surface area contributed by atoms with E-state index in [0.29, 0.717) is 16.2 Å². The number of aromatic amines is 1. The minimum Gasteiger partial charge on any atom is -0.316 e. The van der Waals surface area contributed by atoms with Crippen molar-refractivity contribution in [3.63, 3.8) is 0 Å². The highest BCUT2D eigenvalue weighted by molar-refractivity contribution is 6.30. The normalized spacial score (nSPS) is 12.5. The van der Waals surface area contributed by atoms with E-state index in [0.717, 1.165) is 6.07 Å². The monoisotopic (exact) mass is 506 g/mol. The quantitative estimate of drug-likeness (QED) is 0.408. The van der Waals surface area contributed by atoms with Crippen LogP contribution >= 0.6 is 11.6 Å². The summed E-state index contributed by atoms with van der Waals surface area (Å²) in [5.74, 6) is -2.74. The van der Waals surface area contributed by atoms with Crippen molar-refractivity contribution in [3.8, 4) is 5.69 Å². The first-order valence-corrected chi connectivity index (χ1v) is 9.59. The van der Waals surface area contributed by atoms with E-state index in [-0.39, 0.29) is 21.2 Å². The molecule has 0 amide bonds. The van der Waals surface area contributed by atoms with Gasteiger partial charge in [0.15, 0.2) is 0 Å². The van der Waals surface area contributed by atoms with Crippen LogP contribution in [0.2, 0.25) is 5.02 Å². The lowest BCUT2D eigenvalue weighted by atomic mass is 10.2. The van der Waals surface area contributed by atoms with Crippen molar-refractivity contribution in [2.24, 2.45) is 0 Å². The number of nitrogens with one attached hydrogen (secondary N) is 1. The van der Waals surface area contributed by atoms with Gasteiger partial charge in [-0.2, -0.15) is 26.3 Å². The number of H-pyrrole nitrogens is 1. The highest BCUT2D eigenvalue weighted by Gasteiger charge is 2.38. The minimum absolute atomic E-state index is 0.0371. The Balaban J connectivity index is 1.98. The first-order chi connectivity index (χ1) is 15.8. The van der Waals surface area contributed by atoms with Crippen LogP contribution in [0.4, 0.5) is 30.7 Å². The molecule has 0 fully saturated rings. The van der Waals surface area contributed by atoms with Gasteiger partial charge >= 0.3 is 18.0 Å². The average molecular weight is 507 g/mol. The van der Waals surface area contributed by atoms with Gasteiger partial charge in [-0.25, -0.2) is 18.7 Å². The van der Waals surface area contributed by atoms with Crippen LogP contribution in [0.3, 0.4) is 0 Å². The van der Waals surface area contributed by atoms with Gasteiger partial charge in [0.2, 0.25) is 5.82 Å². The van der Waals surface area contributed by atoms with Crippen molar-refractivity contribution in [1.29, 1.82) is 0 Å². The van der Waals surface area contributed by atoms with E-state index < -0.39 is 58.7 Å². The molecule has 1 N–H and O–H groups in total. The summed E-state index contributed by atoms with van der Waals surface area (Å²) >= 11 is 5.89. The standard InChI is InChI=1S/C20H10ClF7N4O2/c21-10-3-1-2-9(4-10)8-31-14-6-13(11(22)5-12(14)29-17(31)20(26,27)28)32-16(33)7-15(19(23,24)25)30-18(32)34/h1-7H,8H2,(H,30,34). The summed E-state index contributed by atoms with van der Waals surface area (Å²) in [7, 11) is 0. The number of rotatable bonds is 3. The molecule has 4 aromatic rings. The zero-order valence-corrected chi connectivity index (χ0v) is 17.2. The van der Waals surface area contributed by atoms with E-state index in [1.807, 2.05) is 0 Å². The van der Waals surface area contributed by atoms with Crippen LogP contribution in [0.1, 0.15) is 17.1 Å². The molecule has 0 atom stereocenters. The smallest absolute Gasteiger partial charge is 0.316 e. The number of hydrogen-bond donors (Lipinski definition) is 1. The molecule has 0 aliphatic rings. The molecule has 0 saturated heterocycles. The maximum Gasteiger partial charge on any atom is 0.449 e. The lowest BCUT2D eigenvalue weighted by molar-refractivity contribution is -0.146. The largest absolute Gasteiger partial charge is 0.449 e. The molecule has 0 aliphatic carbocycles. The summed E-state index contributed by atoms with van der Waals surface area (Å²) in [6, 6.07) is 7.19. The molecule has 2 aromatic carbocycles. The Morgan fingerprint density at radius 3 is 2.26 bits per heavy atom. The lowest BCUT2D eigenvalue weighted by Gasteiger charge is -2.13. The number of alkyl halides is 6. The van der Waals surface area contributed by atoms with E-state index in [9.17, 15) is 40.3 Å². The first-order valence-electron chi connectivity index (χ1n) is 9.21. The zero-order valence-electron chi connectivity index (χ0n) is 16.4. The SMILES string of the molecule is O=c1cc(C(F)(F)F)[nH]c(=O)n1-c1cc2c(cc1F)nc(C(F)(F)F)n2Cc1cccc(Cl)c1. The van der Waals surface area contributed by atoms with Crippen LogP contribution in [0.25, 0.3) is 16.7 Å². The fourth-order valence-electron chi connectivity index (χ4n) is 3.38. The summed E-state index contributed by atoms with van der Waals surface area (Å²) in [5.41, 5.74) is -6.13. The Hall–Kier alpha value is -3.61. The van der Waals surface area contributed by atoms with Crippen LogP contribution in [0.5, 0.6) is 0 Å². The predicted octanol–water partition coefficient (Wildman–Crippen LogP) is 4.75. The maximum absolute atomic E-state index is 14.7. The third-order valence-electron chi connectivity index (χ3n) is 4.78. The highest BCUT2D eigenvalue weighted by atomic mass is 35.5. The molecular weight excluding hydrogens is 497 g/mol. The van der Waals surface area contributed by atoms with Crippen LogP contribution in [-0.2, 0) is 18.9 Å². The number of nitrogens with zero attached hydrogens (tertiary/aromatic N) is 3. The second-order valence-corrected chi connectivity index (χ2v) is 7.54. The van der Waals surface area contributed by atoms with Crippen LogP contribution in [0.15, 0.2) is 52.1 Å². The Kier molecular flexibility index (Phi) is 5.55. The number of aromatic nitrogens is 4. The highest BCUT2D eigenvalue weighted by Crippen LogP contribution is 2.33. The fourth-order valence-corrected chi connectivity index (χ4v) is 3.59. The second-order valence-electron chi connectivity index (χ2n) is 7.10. The van der Waals surface area contributed by atoms with E-state index in [1.165, 1.54) is 29.2 Å². The van der Waals surface area contributed by atoms with Crippen molar-refractivity contribution < 1.29 is 30.7 Å². The van der Waals surface area contributed by atoms with Crippen molar-refractivity contribution in [1.82, 2.24) is 19.1 Å². The molecular formula is C20H10ClF7N4O2. The Morgan fingerprint density at radius 2 is 1.68 bits per heavy atom. The van der Waals surface area contributed by atoms with Gasteiger partial charge in [0, 0.05) is 23.7 Å². The Bertz CT molecular complexity index is 1500. The molecule has 0 unspecified atom stereocenters. The topological polar surface area (TPSA) is 72.7 Å². The van der Waals surface area contributed by atoms with Gasteiger partial charge < -0.3 is 9.55 Å². The summed E-state index contributed by atoms with van der Waals surface area (Å²) in [6.45, 7) is -0.421. The molecule has 0 saturated carbocycles. The van der Waals surface area contributed by atoms with Gasteiger partial charge in [0.05, 0.1) is 16.7 Å². The Morgan fingerprint density at radius 1 is 0.971 bits per heavy atom. The van der Waals surface area contributed by atoms with E-state index in [4.69, 9.17) is 11.6 Å². The Labute approximate surface area is 188 Å². The summed E-state index contributed by atoms with van der Waals surface area (Å²) in [6.07, 6.45) is -10.0. The molecule has 178 valence electrons. The van der Waals surface area contributed by atoms with Gasteiger partial charge in [0.1, 0.15) is 11.5 Å². The molecule has 2 aromatic heterocycles. The fraction of sp³-hybridized carbons (Fsp3) is 0.150. The summed E-state index contributed by atoms with van der Waals surface area (Å²) in [5, 5.41) is 0.241. The van der Waals surface area contributed by atoms with E-state index >= 15 is 0 Å². The van der Waals surface area contributed by atoms with Gasteiger partial charge in [-0.05, 0) is 23.8 Å². The summed E-state index contributed by atoms with van der Waals surface area (Å²) in [4.78, 5) is 29.3. The third-order valence-corrected chi connectivity index (χ3v) is 5.01. The summed E-state index contributed by atoms with van der Waals surface area (Å²) < 4.78 is 95.0. The lowest BCUT2D eigenvalue weighted by Crippen LogP contribution is -2.36. The number of hydrogen-bond acceptors (Lipinski definition) is 3. The average Bonchev–Trinajstić information content (AvgIpc) is 3.04. The van der Waals surface area contributed by atoms with Crippen molar-refractivity contribution >= 4 is 22.6 Å².